The number of nitrogens with one attached hydrogen (secondary N) is 1. The van der Waals surface area contributed by atoms with Crippen molar-refractivity contribution in [1.82, 2.24) is 30.0 Å². The third-order valence-corrected chi connectivity index (χ3v) is 6.60. The number of hydrogen-bond acceptors (Lipinski definition) is 8. The summed E-state index contributed by atoms with van der Waals surface area (Å²) in [5, 5.41) is 17.1. The Morgan fingerprint density at radius 1 is 1.07 bits per heavy atom. The molecule has 41 heavy (non-hydrogen) atoms. The van der Waals surface area contributed by atoms with Gasteiger partial charge in [-0.2, -0.15) is 10.4 Å². The summed E-state index contributed by atoms with van der Waals surface area (Å²) in [6.45, 7) is 7.62. The number of nitrogens with zero attached hydrogens (tertiary/aromatic N) is 6. The number of ether oxygens (including phenoxy) is 1. The van der Waals surface area contributed by atoms with E-state index in [9.17, 15) is 14.9 Å². The first-order valence-corrected chi connectivity index (χ1v) is 13.4. The lowest BCUT2D eigenvalue weighted by atomic mass is 10.1. The molecule has 0 radical (unpaired) electrons. The van der Waals surface area contributed by atoms with E-state index in [1.807, 2.05) is 51.1 Å². The SMILES string of the molecule is CC(C)(C)OC(=O)N1CCNCC1c1cnc(-c2cccc(Cn3nc(-c4cccc(C#N)c4)ccc3=O)c2)nc1. The Balaban J connectivity index is 1.35. The maximum absolute atomic E-state index is 12.8. The highest BCUT2D eigenvalue weighted by Gasteiger charge is 2.31. The molecule has 2 aromatic heterocycles. The normalized spacial score (nSPS) is 15.3. The van der Waals surface area contributed by atoms with Crippen LogP contribution in [0.3, 0.4) is 0 Å². The van der Waals surface area contributed by atoms with E-state index >= 15 is 0 Å². The fourth-order valence-electron chi connectivity index (χ4n) is 4.65. The van der Waals surface area contributed by atoms with Crippen LogP contribution in [-0.2, 0) is 11.3 Å². The van der Waals surface area contributed by atoms with E-state index in [2.05, 4.69) is 26.5 Å². The highest BCUT2D eigenvalue weighted by atomic mass is 16.6. The lowest BCUT2D eigenvalue weighted by molar-refractivity contribution is 0.0117. The summed E-state index contributed by atoms with van der Waals surface area (Å²) < 4.78 is 7.01. The Bertz CT molecular complexity index is 1650. The molecule has 10 heteroatoms. The third kappa shape index (κ3) is 6.65. The second-order valence-electron chi connectivity index (χ2n) is 10.8. The minimum atomic E-state index is -0.581. The van der Waals surface area contributed by atoms with Crippen LogP contribution in [0.4, 0.5) is 4.79 Å². The second-order valence-corrected chi connectivity index (χ2v) is 10.8. The van der Waals surface area contributed by atoms with Crippen LogP contribution in [0.25, 0.3) is 22.6 Å². The van der Waals surface area contributed by atoms with Crippen molar-refractivity contribution in [3.8, 4) is 28.7 Å². The number of carbonyl (C=O) groups is 1. The van der Waals surface area contributed by atoms with Crippen LogP contribution < -0.4 is 10.9 Å². The van der Waals surface area contributed by atoms with E-state index in [0.717, 1.165) is 22.3 Å². The first-order chi connectivity index (χ1) is 19.7. The predicted molar refractivity (Wildman–Crippen MR) is 154 cm³/mol. The summed E-state index contributed by atoms with van der Waals surface area (Å²) in [6, 6.07) is 19.8. The highest BCUT2D eigenvalue weighted by molar-refractivity contribution is 5.69. The molecule has 1 atom stereocenters. The smallest absolute Gasteiger partial charge is 0.410 e. The van der Waals surface area contributed by atoms with Gasteiger partial charge in [-0.1, -0.05) is 30.3 Å². The van der Waals surface area contributed by atoms with Crippen LogP contribution in [0.5, 0.6) is 0 Å². The first-order valence-electron chi connectivity index (χ1n) is 13.4. The van der Waals surface area contributed by atoms with Gasteiger partial charge >= 0.3 is 6.09 Å². The average molecular weight is 550 g/mol. The van der Waals surface area contributed by atoms with Crippen molar-refractivity contribution in [2.45, 2.75) is 39.0 Å². The summed E-state index contributed by atoms with van der Waals surface area (Å²) in [7, 11) is 0. The zero-order valence-electron chi connectivity index (χ0n) is 23.2. The highest BCUT2D eigenvalue weighted by Crippen LogP contribution is 2.25. The van der Waals surface area contributed by atoms with Crippen molar-refractivity contribution in [2.75, 3.05) is 19.6 Å². The Morgan fingerprint density at radius 3 is 2.59 bits per heavy atom. The van der Waals surface area contributed by atoms with Gasteiger partial charge in [-0.3, -0.25) is 9.69 Å². The second kappa shape index (κ2) is 11.7. The monoisotopic (exact) mass is 549 g/mol. The summed E-state index contributed by atoms with van der Waals surface area (Å²) in [6.07, 6.45) is 3.13. The number of amides is 1. The molecule has 3 heterocycles. The fourth-order valence-corrected chi connectivity index (χ4v) is 4.65. The van der Waals surface area contributed by atoms with Gasteiger partial charge in [0, 0.05) is 54.8 Å². The molecule has 1 saturated heterocycles. The molecule has 4 aromatic rings. The third-order valence-electron chi connectivity index (χ3n) is 6.60. The van der Waals surface area contributed by atoms with E-state index in [1.54, 1.807) is 41.6 Å². The van der Waals surface area contributed by atoms with Gasteiger partial charge in [-0.25, -0.2) is 19.4 Å². The van der Waals surface area contributed by atoms with Gasteiger partial charge in [-0.15, -0.1) is 0 Å². The molecule has 0 aliphatic carbocycles. The molecule has 0 saturated carbocycles. The molecule has 1 N–H and O–H groups in total. The van der Waals surface area contributed by atoms with Gasteiger partial charge in [0.1, 0.15) is 5.60 Å². The molecule has 1 amide bonds. The fraction of sp³-hybridized carbons (Fsp3) is 0.290. The number of rotatable bonds is 5. The van der Waals surface area contributed by atoms with Gasteiger partial charge in [-0.05, 0) is 50.6 Å². The van der Waals surface area contributed by atoms with Crippen molar-refractivity contribution >= 4 is 6.09 Å². The largest absolute Gasteiger partial charge is 0.444 e. The molecule has 1 aliphatic rings. The quantitative estimate of drug-likeness (QED) is 0.393. The van der Waals surface area contributed by atoms with Crippen LogP contribution in [0.1, 0.15) is 43.5 Å². The molecule has 10 nitrogen and oxygen atoms in total. The van der Waals surface area contributed by atoms with Crippen molar-refractivity contribution in [2.24, 2.45) is 0 Å². The van der Waals surface area contributed by atoms with E-state index in [4.69, 9.17) is 4.74 Å². The van der Waals surface area contributed by atoms with Gasteiger partial charge in [0.25, 0.3) is 5.56 Å². The lowest BCUT2D eigenvalue weighted by Gasteiger charge is -2.37. The summed E-state index contributed by atoms with van der Waals surface area (Å²) in [4.78, 5) is 36.3. The molecule has 0 bridgehead atoms. The van der Waals surface area contributed by atoms with Crippen molar-refractivity contribution in [3.63, 3.8) is 0 Å². The number of hydrogen-bond donors (Lipinski definition) is 1. The Morgan fingerprint density at radius 2 is 1.83 bits per heavy atom. The minimum Gasteiger partial charge on any atom is -0.444 e. The molecular weight excluding hydrogens is 518 g/mol. The number of piperazine rings is 1. The topological polar surface area (TPSA) is 126 Å². The van der Waals surface area contributed by atoms with Crippen LogP contribution in [0.15, 0.2) is 77.9 Å². The Hall–Kier alpha value is -4.88. The Labute approximate surface area is 238 Å². The molecule has 1 unspecified atom stereocenters. The van der Waals surface area contributed by atoms with Gasteiger partial charge in [0.15, 0.2) is 5.82 Å². The van der Waals surface area contributed by atoms with Crippen molar-refractivity contribution in [1.29, 1.82) is 5.26 Å². The standard InChI is InChI=1S/C31H31N7O3/c1-31(2,3)41-30(40)37-13-12-33-19-27(37)25-17-34-29(35-18-25)24-9-5-7-22(15-24)20-38-28(39)11-10-26(36-38)23-8-4-6-21(14-23)16-32/h4-11,14-15,17-18,27,33H,12-13,19-20H2,1-3H3. The summed E-state index contributed by atoms with van der Waals surface area (Å²) in [5.74, 6) is 0.533. The molecule has 1 aliphatic heterocycles. The molecule has 208 valence electrons. The van der Waals surface area contributed by atoms with Crippen LogP contribution in [0, 0.1) is 11.3 Å². The number of carbonyl (C=O) groups excluding carboxylic acids is 1. The van der Waals surface area contributed by atoms with E-state index in [-0.39, 0.29) is 24.2 Å². The summed E-state index contributed by atoms with van der Waals surface area (Å²) >= 11 is 0. The molecular formula is C31H31N7O3. The zero-order chi connectivity index (χ0) is 29.0. The zero-order valence-corrected chi connectivity index (χ0v) is 23.2. The van der Waals surface area contributed by atoms with E-state index in [1.165, 1.54) is 10.7 Å². The molecule has 2 aromatic carbocycles. The minimum absolute atomic E-state index is 0.230. The van der Waals surface area contributed by atoms with Crippen LogP contribution >= 0.6 is 0 Å². The Kier molecular flexibility index (Phi) is 7.90. The lowest BCUT2D eigenvalue weighted by Crippen LogP contribution is -2.50. The maximum atomic E-state index is 12.8. The molecule has 1 fully saturated rings. The maximum Gasteiger partial charge on any atom is 0.410 e. The predicted octanol–water partition coefficient (Wildman–Crippen LogP) is 4.17. The van der Waals surface area contributed by atoms with Crippen LogP contribution in [-0.4, -0.2) is 56.0 Å². The number of benzene rings is 2. The van der Waals surface area contributed by atoms with Crippen molar-refractivity contribution < 1.29 is 9.53 Å². The van der Waals surface area contributed by atoms with Crippen molar-refractivity contribution in [3.05, 3.63) is 100 Å². The van der Waals surface area contributed by atoms with E-state index < -0.39 is 5.60 Å². The molecule has 5 rings (SSSR count). The van der Waals surface area contributed by atoms with Gasteiger partial charge < -0.3 is 10.1 Å². The van der Waals surface area contributed by atoms with Gasteiger partial charge in [0.05, 0.1) is 29.9 Å². The average Bonchev–Trinajstić information content (AvgIpc) is 2.98. The molecule has 0 spiro atoms. The first kappa shape index (κ1) is 27.7. The van der Waals surface area contributed by atoms with Crippen LogP contribution in [0.2, 0.25) is 0 Å². The van der Waals surface area contributed by atoms with Gasteiger partial charge in [0.2, 0.25) is 0 Å². The summed E-state index contributed by atoms with van der Waals surface area (Å²) in [5.41, 5.74) is 3.56. The number of nitriles is 1. The van der Waals surface area contributed by atoms with E-state index in [0.29, 0.717) is 36.7 Å². The number of aromatic nitrogens is 4.